The number of primary amides is 1. The number of hydrazone groups is 1. The fourth-order valence-electron chi connectivity index (χ4n) is 2.27. The maximum absolute atomic E-state index is 11.3. The summed E-state index contributed by atoms with van der Waals surface area (Å²) in [7, 11) is 0. The lowest BCUT2D eigenvalue weighted by atomic mass is 10.1. The van der Waals surface area contributed by atoms with Crippen molar-refractivity contribution in [3.63, 3.8) is 0 Å². The second-order valence-electron chi connectivity index (χ2n) is 4.28. The molecule has 1 saturated heterocycles. The van der Waals surface area contributed by atoms with E-state index in [9.17, 15) is 9.90 Å². The van der Waals surface area contributed by atoms with Crippen molar-refractivity contribution in [2.45, 2.75) is 18.9 Å². The predicted octanol–water partition coefficient (Wildman–Crippen LogP) is 0.139. The molecule has 2 rings (SSSR count). The SMILES string of the molecule is NN=Cc1ccc(N2CCC[C@H]2C(N)=O)cc1O. The minimum atomic E-state index is -0.334. The maximum atomic E-state index is 11.3. The Kier molecular flexibility index (Phi) is 3.36. The van der Waals surface area contributed by atoms with Gasteiger partial charge < -0.3 is 21.6 Å². The number of nitrogens with zero attached hydrogens (tertiary/aromatic N) is 2. The van der Waals surface area contributed by atoms with E-state index in [1.165, 1.54) is 6.21 Å². The minimum Gasteiger partial charge on any atom is -0.507 e. The quantitative estimate of drug-likeness (QED) is 0.402. The van der Waals surface area contributed by atoms with Crippen molar-refractivity contribution in [2.24, 2.45) is 16.7 Å². The van der Waals surface area contributed by atoms with Gasteiger partial charge in [0.05, 0.1) is 6.21 Å². The van der Waals surface area contributed by atoms with E-state index in [-0.39, 0.29) is 17.7 Å². The summed E-state index contributed by atoms with van der Waals surface area (Å²) in [5, 5.41) is 13.2. The summed E-state index contributed by atoms with van der Waals surface area (Å²) in [5.74, 6) is 4.78. The molecule has 1 fully saturated rings. The third kappa shape index (κ3) is 2.22. The highest BCUT2D eigenvalue weighted by Gasteiger charge is 2.29. The second kappa shape index (κ2) is 4.95. The van der Waals surface area contributed by atoms with Crippen molar-refractivity contribution < 1.29 is 9.90 Å². The number of benzene rings is 1. The summed E-state index contributed by atoms with van der Waals surface area (Å²) in [6, 6.07) is 4.83. The molecule has 18 heavy (non-hydrogen) atoms. The lowest BCUT2D eigenvalue weighted by molar-refractivity contribution is -0.119. The van der Waals surface area contributed by atoms with Gasteiger partial charge in [0.15, 0.2) is 0 Å². The highest BCUT2D eigenvalue weighted by Crippen LogP contribution is 2.29. The van der Waals surface area contributed by atoms with E-state index < -0.39 is 0 Å². The largest absolute Gasteiger partial charge is 0.507 e. The third-order valence-electron chi connectivity index (χ3n) is 3.14. The third-order valence-corrected chi connectivity index (χ3v) is 3.14. The lowest BCUT2D eigenvalue weighted by Gasteiger charge is -2.24. The molecule has 0 unspecified atom stereocenters. The molecule has 1 aliphatic rings. The van der Waals surface area contributed by atoms with Gasteiger partial charge in [0.1, 0.15) is 11.8 Å². The van der Waals surface area contributed by atoms with Crippen molar-refractivity contribution in [3.8, 4) is 5.75 Å². The molecular weight excluding hydrogens is 232 g/mol. The molecule has 0 spiro atoms. The Bertz CT molecular complexity index is 487. The van der Waals surface area contributed by atoms with E-state index in [1.807, 2.05) is 11.0 Å². The van der Waals surface area contributed by atoms with E-state index in [0.717, 1.165) is 25.1 Å². The molecular formula is C12H16N4O2. The van der Waals surface area contributed by atoms with Gasteiger partial charge in [0, 0.05) is 23.9 Å². The molecule has 1 heterocycles. The smallest absolute Gasteiger partial charge is 0.240 e. The van der Waals surface area contributed by atoms with Gasteiger partial charge in [-0.2, -0.15) is 5.10 Å². The van der Waals surface area contributed by atoms with Crippen LogP contribution in [0.15, 0.2) is 23.3 Å². The van der Waals surface area contributed by atoms with Gasteiger partial charge in [0.25, 0.3) is 0 Å². The molecule has 1 aromatic rings. The zero-order valence-electron chi connectivity index (χ0n) is 9.91. The lowest BCUT2D eigenvalue weighted by Crippen LogP contribution is -2.40. The van der Waals surface area contributed by atoms with Gasteiger partial charge in [-0.3, -0.25) is 4.79 Å². The van der Waals surface area contributed by atoms with Gasteiger partial charge in [-0.05, 0) is 25.0 Å². The second-order valence-corrected chi connectivity index (χ2v) is 4.28. The molecule has 1 amide bonds. The number of aromatic hydroxyl groups is 1. The Morgan fingerprint density at radius 3 is 2.94 bits per heavy atom. The fourth-order valence-corrected chi connectivity index (χ4v) is 2.27. The first-order chi connectivity index (χ1) is 8.63. The van der Waals surface area contributed by atoms with Crippen LogP contribution < -0.4 is 16.5 Å². The van der Waals surface area contributed by atoms with E-state index in [4.69, 9.17) is 11.6 Å². The molecule has 0 aliphatic carbocycles. The standard InChI is InChI=1S/C12H16N4O2/c13-12(18)10-2-1-5-16(10)9-4-3-8(7-15-14)11(17)6-9/h3-4,6-7,10,17H,1-2,5,14H2,(H2,13,18)/t10-/m0/s1. The number of nitrogens with two attached hydrogens (primary N) is 2. The van der Waals surface area contributed by atoms with Gasteiger partial charge in [0.2, 0.25) is 5.91 Å². The average molecular weight is 248 g/mol. The summed E-state index contributed by atoms with van der Waals surface area (Å²) >= 11 is 0. The van der Waals surface area contributed by atoms with Gasteiger partial charge in [-0.1, -0.05) is 0 Å². The minimum absolute atomic E-state index is 0.0804. The fraction of sp³-hybridized carbons (Fsp3) is 0.333. The van der Waals surface area contributed by atoms with Crippen LogP contribution in [0, 0.1) is 0 Å². The van der Waals surface area contributed by atoms with Crippen molar-refractivity contribution in [2.75, 3.05) is 11.4 Å². The zero-order chi connectivity index (χ0) is 13.1. The molecule has 96 valence electrons. The highest BCUT2D eigenvalue weighted by atomic mass is 16.3. The number of hydrogen-bond donors (Lipinski definition) is 3. The first-order valence-electron chi connectivity index (χ1n) is 5.75. The number of carbonyl (C=O) groups excluding carboxylic acids is 1. The van der Waals surface area contributed by atoms with Crippen LogP contribution in [-0.4, -0.2) is 29.8 Å². The molecule has 6 heteroatoms. The van der Waals surface area contributed by atoms with E-state index in [1.54, 1.807) is 12.1 Å². The van der Waals surface area contributed by atoms with Crippen LogP contribution in [0.4, 0.5) is 5.69 Å². The van der Waals surface area contributed by atoms with Crippen molar-refractivity contribution in [3.05, 3.63) is 23.8 Å². The van der Waals surface area contributed by atoms with Crippen LogP contribution in [0.3, 0.4) is 0 Å². The van der Waals surface area contributed by atoms with Crippen LogP contribution in [-0.2, 0) is 4.79 Å². The average Bonchev–Trinajstić information content (AvgIpc) is 2.81. The predicted molar refractivity (Wildman–Crippen MR) is 69.5 cm³/mol. The number of hydrogen-bond acceptors (Lipinski definition) is 5. The Balaban J connectivity index is 2.28. The topological polar surface area (TPSA) is 105 Å². The number of anilines is 1. The van der Waals surface area contributed by atoms with E-state index >= 15 is 0 Å². The number of amides is 1. The zero-order valence-corrected chi connectivity index (χ0v) is 9.91. The van der Waals surface area contributed by atoms with Crippen LogP contribution in [0.2, 0.25) is 0 Å². The Labute approximate surface area is 105 Å². The summed E-state index contributed by atoms with van der Waals surface area (Å²) < 4.78 is 0. The molecule has 0 radical (unpaired) electrons. The van der Waals surface area contributed by atoms with Crippen molar-refractivity contribution in [1.29, 1.82) is 0 Å². The normalized spacial score (nSPS) is 19.6. The van der Waals surface area contributed by atoms with E-state index in [0.29, 0.717) is 5.56 Å². The highest BCUT2D eigenvalue weighted by molar-refractivity contribution is 5.86. The molecule has 1 aliphatic heterocycles. The summed E-state index contributed by atoms with van der Waals surface area (Å²) in [6.07, 6.45) is 3.04. The van der Waals surface area contributed by atoms with Crippen LogP contribution in [0.5, 0.6) is 5.75 Å². The summed E-state index contributed by atoms with van der Waals surface area (Å²) in [6.45, 7) is 0.761. The molecule has 1 atom stereocenters. The van der Waals surface area contributed by atoms with E-state index in [2.05, 4.69) is 5.10 Å². The van der Waals surface area contributed by atoms with Crippen molar-refractivity contribution in [1.82, 2.24) is 0 Å². The Hall–Kier alpha value is -2.24. The first-order valence-corrected chi connectivity index (χ1v) is 5.75. The van der Waals surface area contributed by atoms with Crippen LogP contribution in [0.1, 0.15) is 18.4 Å². The first kappa shape index (κ1) is 12.2. The summed E-state index contributed by atoms with van der Waals surface area (Å²) in [5.41, 5.74) is 6.68. The molecule has 0 bridgehead atoms. The van der Waals surface area contributed by atoms with Crippen LogP contribution >= 0.6 is 0 Å². The van der Waals surface area contributed by atoms with Crippen LogP contribution in [0.25, 0.3) is 0 Å². The molecule has 6 nitrogen and oxygen atoms in total. The number of carbonyl (C=O) groups is 1. The molecule has 0 aromatic heterocycles. The summed E-state index contributed by atoms with van der Waals surface area (Å²) in [4.78, 5) is 13.2. The Morgan fingerprint density at radius 1 is 1.56 bits per heavy atom. The molecule has 5 N–H and O–H groups in total. The Morgan fingerprint density at radius 2 is 2.33 bits per heavy atom. The number of phenols is 1. The van der Waals surface area contributed by atoms with Gasteiger partial charge in [-0.25, -0.2) is 0 Å². The number of phenolic OH excluding ortho intramolecular Hbond substituents is 1. The van der Waals surface area contributed by atoms with Crippen molar-refractivity contribution >= 4 is 17.8 Å². The van der Waals surface area contributed by atoms with Gasteiger partial charge >= 0.3 is 0 Å². The van der Waals surface area contributed by atoms with Gasteiger partial charge in [-0.15, -0.1) is 0 Å². The maximum Gasteiger partial charge on any atom is 0.240 e. The molecule has 0 saturated carbocycles. The number of rotatable bonds is 3. The molecule has 1 aromatic carbocycles. The monoisotopic (exact) mass is 248 g/mol.